The fourth-order valence-corrected chi connectivity index (χ4v) is 2.03. The first-order valence-corrected chi connectivity index (χ1v) is 6.97. The SMILES string of the molecule is O=C1OC(C=Cc2cccc([N+](=O)[O-])c2)=NC1=Cc1cccnc1. The van der Waals surface area contributed by atoms with Crippen molar-refractivity contribution in [1.29, 1.82) is 0 Å². The van der Waals surface area contributed by atoms with Crippen LogP contribution in [0.15, 0.2) is 65.6 Å². The van der Waals surface area contributed by atoms with Crippen molar-refractivity contribution in [3.05, 3.63) is 81.8 Å². The Labute approximate surface area is 136 Å². The van der Waals surface area contributed by atoms with Crippen molar-refractivity contribution in [1.82, 2.24) is 4.98 Å². The number of aromatic nitrogens is 1. The smallest absolute Gasteiger partial charge is 0.363 e. The molecule has 0 amide bonds. The van der Waals surface area contributed by atoms with Gasteiger partial charge in [-0.1, -0.05) is 18.2 Å². The molecule has 0 saturated heterocycles. The summed E-state index contributed by atoms with van der Waals surface area (Å²) in [6.45, 7) is 0. The van der Waals surface area contributed by atoms with E-state index in [0.29, 0.717) is 5.56 Å². The van der Waals surface area contributed by atoms with Gasteiger partial charge < -0.3 is 4.74 Å². The first-order chi connectivity index (χ1) is 11.6. The fraction of sp³-hybridized carbons (Fsp3) is 0. The minimum absolute atomic E-state index is 0.0142. The van der Waals surface area contributed by atoms with E-state index in [1.54, 1.807) is 48.8 Å². The van der Waals surface area contributed by atoms with Crippen molar-refractivity contribution in [3.8, 4) is 0 Å². The van der Waals surface area contributed by atoms with Crippen LogP contribution >= 0.6 is 0 Å². The van der Waals surface area contributed by atoms with Crippen LogP contribution in [0.25, 0.3) is 12.2 Å². The van der Waals surface area contributed by atoms with Crippen LogP contribution in [-0.4, -0.2) is 21.8 Å². The monoisotopic (exact) mass is 321 g/mol. The van der Waals surface area contributed by atoms with Gasteiger partial charge in [0.1, 0.15) is 0 Å². The molecular weight excluding hydrogens is 310 g/mol. The van der Waals surface area contributed by atoms with Crippen LogP contribution in [0, 0.1) is 10.1 Å². The molecule has 2 aromatic rings. The van der Waals surface area contributed by atoms with E-state index in [4.69, 9.17) is 4.74 Å². The van der Waals surface area contributed by atoms with Gasteiger partial charge in [0.2, 0.25) is 5.90 Å². The highest BCUT2D eigenvalue weighted by Crippen LogP contribution is 2.17. The number of carbonyl (C=O) groups is 1. The Morgan fingerprint density at radius 1 is 1.12 bits per heavy atom. The molecule has 0 atom stereocenters. The van der Waals surface area contributed by atoms with Gasteiger partial charge in [-0.05, 0) is 29.3 Å². The zero-order valence-electron chi connectivity index (χ0n) is 12.3. The molecule has 0 radical (unpaired) electrons. The number of ether oxygens (including phenoxy) is 1. The molecule has 0 spiro atoms. The Bertz CT molecular complexity index is 886. The highest BCUT2D eigenvalue weighted by molar-refractivity contribution is 6.11. The topological polar surface area (TPSA) is 94.7 Å². The number of hydrogen-bond donors (Lipinski definition) is 0. The van der Waals surface area contributed by atoms with E-state index < -0.39 is 10.9 Å². The molecule has 1 aliphatic rings. The Hall–Kier alpha value is -3.61. The molecule has 0 aliphatic carbocycles. The number of nitrogens with zero attached hydrogens (tertiary/aromatic N) is 3. The number of carbonyl (C=O) groups excluding carboxylic acids is 1. The minimum atomic E-state index is -0.558. The predicted molar refractivity (Wildman–Crippen MR) is 87.9 cm³/mol. The summed E-state index contributed by atoms with van der Waals surface area (Å²) in [4.78, 5) is 30.1. The normalized spacial score (nSPS) is 15.6. The van der Waals surface area contributed by atoms with Crippen LogP contribution in [0.5, 0.6) is 0 Å². The highest BCUT2D eigenvalue weighted by atomic mass is 16.6. The molecule has 1 aromatic carbocycles. The summed E-state index contributed by atoms with van der Waals surface area (Å²) < 4.78 is 5.05. The summed E-state index contributed by atoms with van der Waals surface area (Å²) in [7, 11) is 0. The molecule has 0 fully saturated rings. The average molecular weight is 321 g/mol. The zero-order valence-corrected chi connectivity index (χ0v) is 12.3. The van der Waals surface area contributed by atoms with Gasteiger partial charge in [-0.2, -0.15) is 0 Å². The molecule has 24 heavy (non-hydrogen) atoms. The summed E-state index contributed by atoms with van der Waals surface area (Å²) >= 11 is 0. The number of esters is 1. The molecule has 3 rings (SSSR count). The molecule has 1 aliphatic heterocycles. The Balaban J connectivity index is 1.80. The third kappa shape index (κ3) is 3.58. The Morgan fingerprint density at radius 3 is 2.71 bits per heavy atom. The van der Waals surface area contributed by atoms with Crippen molar-refractivity contribution in [2.24, 2.45) is 4.99 Å². The van der Waals surface area contributed by atoms with Crippen LogP contribution in [0.2, 0.25) is 0 Å². The van der Waals surface area contributed by atoms with Crippen molar-refractivity contribution in [2.75, 3.05) is 0 Å². The van der Waals surface area contributed by atoms with E-state index in [1.165, 1.54) is 18.2 Å². The maximum Gasteiger partial charge on any atom is 0.363 e. The number of pyridine rings is 1. The molecular formula is C17H11N3O4. The molecule has 0 bridgehead atoms. The predicted octanol–water partition coefficient (Wildman–Crippen LogP) is 3.00. The molecule has 0 saturated carbocycles. The first kappa shape index (κ1) is 15.3. The average Bonchev–Trinajstić information content (AvgIpc) is 2.94. The van der Waals surface area contributed by atoms with Gasteiger partial charge in [-0.15, -0.1) is 0 Å². The van der Waals surface area contributed by atoms with Crippen LogP contribution < -0.4 is 0 Å². The number of nitro benzene ring substituents is 1. The van der Waals surface area contributed by atoms with E-state index in [9.17, 15) is 14.9 Å². The van der Waals surface area contributed by atoms with Gasteiger partial charge in [-0.25, -0.2) is 9.79 Å². The second kappa shape index (κ2) is 6.66. The van der Waals surface area contributed by atoms with E-state index in [-0.39, 0.29) is 17.3 Å². The highest BCUT2D eigenvalue weighted by Gasteiger charge is 2.21. The van der Waals surface area contributed by atoms with Gasteiger partial charge >= 0.3 is 5.97 Å². The number of non-ortho nitro benzene ring substituents is 1. The van der Waals surface area contributed by atoms with Crippen LogP contribution in [0.4, 0.5) is 5.69 Å². The standard InChI is InChI=1S/C17H11N3O4/c21-17-15(10-13-4-2-8-18-11-13)19-16(24-17)7-6-12-3-1-5-14(9-12)20(22)23/h1-11H. The molecule has 118 valence electrons. The molecule has 0 N–H and O–H groups in total. The summed E-state index contributed by atoms with van der Waals surface area (Å²) in [6, 6.07) is 9.64. The van der Waals surface area contributed by atoms with Gasteiger partial charge in [0.15, 0.2) is 5.70 Å². The molecule has 0 unspecified atom stereocenters. The molecule has 1 aromatic heterocycles. The number of cyclic esters (lactones) is 1. The maximum atomic E-state index is 11.8. The lowest BCUT2D eigenvalue weighted by Crippen LogP contribution is -2.01. The quantitative estimate of drug-likeness (QED) is 0.373. The number of benzene rings is 1. The maximum absolute atomic E-state index is 11.8. The van der Waals surface area contributed by atoms with Gasteiger partial charge in [-0.3, -0.25) is 15.1 Å². The number of aliphatic imine (C=N–C) groups is 1. The van der Waals surface area contributed by atoms with Crippen LogP contribution in [-0.2, 0) is 9.53 Å². The van der Waals surface area contributed by atoms with E-state index in [2.05, 4.69) is 9.98 Å². The van der Waals surface area contributed by atoms with Crippen LogP contribution in [0.1, 0.15) is 11.1 Å². The largest absolute Gasteiger partial charge is 0.403 e. The number of rotatable bonds is 4. The fourth-order valence-electron chi connectivity index (χ4n) is 2.03. The third-order valence-electron chi connectivity index (χ3n) is 3.12. The van der Waals surface area contributed by atoms with Crippen molar-refractivity contribution in [3.63, 3.8) is 0 Å². The lowest BCUT2D eigenvalue weighted by molar-refractivity contribution is -0.384. The Kier molecular flexibility index (Phi) is 4.24. The van der Waals surface area contributed by atoms with E-state index >= 15 is 0 Å². The van der Waals surface area contributed by atoms with Crippen molar-refractivity contribution in [2.45, 2.75) is 0 Å². The van der Waals surface area contributed by atoms with Gasteiger partial charge in [0, 0.05) is 30.6 Å². The summed E-state index contributed by atoms with van der Waals surface area (Å²) in [5, 5.41) is 10.7. The number of hydrogen-bond acceptors (Lipinski definition) is 6. The first-order valence-electron chi connectivity index (χ1n) is 6.97. The second-order valence-corrected chi connectivity index (χ2v) is 4.84. The Morgan fingerprint density at radius 2 is 1.96 bits per heavy atom. The van der Waals surface area contributed by atoms with E-state index in [1.807, 2.05) is 0 Å². The third-order valence-corrected chi connectivity index (χ3v) is 3.12. The minimum Gasteiger partial charge on any atom is -0.403 e. The van der Waals surface area contributed by atoms with Crippen molar-refractivity contribution >= 4 is 29.7 Å². The lowest BCUT2D eigenvalue weighted by atomic mass is 10.2. The number of nitro groups is 1. The summed E-state index contributed by atoms with van der Waals surface area (Å²) in [5.41, 5.74) is 1.49. The zero-order chi connectivity index (χ0) is 16.9. The summed E-state index contributed by atoms with van der Waals surface area (Å²) in [6.07, 6.45) is 7.88. The van der Waals surface area contributed by atoms with Crippen molar-refractivity contribution < 1.29 is 14.5 Å². The van der Waals surface area contributed by atoms with Crippen LogP contribution in [0.3, 0.4) is 0 Å². The van der Waals surface area contributed by atoms with E-state index in [0.717, 1.165) is 5.56 Å². The molecule has 7 nitrogen and oxygen atoms in total. The molecule has 2 heterocycles. The van der Waals surface area contributed by atoms with Gasteiger partial charge in [0.25, 0.3) is 5.69 Å². The summed E-state index contributed by atoms with van der Waals surface area (Å²) in [5.74, 6) is -0.431. The second-order valence-electron chi connectivity index (χ2n) is 4.84. The lowest BCUT2D eigenvalue weighted by Gasteiger charge is -1.94. The van der Waals surface area contributed by atoms with Gasteiger partial charge in [0.05, 0.1) is 4.92 Å². The molecule has 7 heteroatoms.